The number of hydrogen-bond donors (Lipinski definition) is 4. The van der Waals surface area contributed by atoms with Gasteiger partial charge in [-0.3, -0.25) is 4.79 Å². The third-order valence-electron chi connectivity index (χ3n) is 2.55. The average Bonchev–Trinajstić information content (AvgIpc) is 2.35. The minimum absolute atomic E-state index is 0.340. The van der Waals surface area contributed by atoms with Gasteiger partial charge in [-0.1, -0.05) is 19.1 Å². The van der Waals surface area contributed by atoms with Gasteiger partial charge in [-0.15, -0.1) is 0 Å². The second kappa shape index (κ2) is 6.77. The molecule has 0 saturated heterocycles. The molecule has 3 N–H and O–H groups in total. The van der Waals surface area contributed by atoms with E-state index in [4.69, 9.17) is 0 Å². The van der Waals surface area contributed by atoms with Crippen LogP contribution >= 0.6 is 12.6 Å². The van der Waals surface area contributed by atoms with E-state index >= 15 is 0 Å². The number of nitrogens with one attached hydrogen (secondary N) is 1. The fourth-order valence-electron chi connectivity index (χ4n) is 1.38. The van der Waals surface area contributed by atoms with Gasteiger partial charge < -0.3 is 15.4 Å². The molecule has 0 aliphatic carbocycles. The first-order valence-corrected chi connectivity index (χ1v) is 6.11. The molecule has 0 bridgehead atoms. The Hall–Kier alpha value is -1.05. The van der Waals surface area contributed by atoms with Gasteiger partial charge in [0.15, 0.2) is 0 Å². The zero-order valence-corrected chi connectivity index (χ0v) is 10.8. The smallest absolute Gasteiger partial charge is 0.426 e. The molecule has 1 rings (SSSR count). The van der Waals surface area contributed by atoms with Crippen LogP contribution in [-0.4, -0.2) is 28.8 Å². The van der Waals surface area contributed by atoms with Gasteiger partial charge in [-0.2, -0.15) is 12.6 Å². The predicted molar refractivity (Wildman–Crippen MR) is 70.5 cm³/mol. The van der Waals surface area contributed by atoms with Crippen molar-refractivity contribution in [2.45, 2.75) is 12.9 Å². The Balaban J connectivity index is 2.83. The Labute approximate surface area is 111 Å². The van der Waals surface area contributed by atoms with E-state index in [1.807, 2.05) is 0 Å². The van der Waals surface area contributed by atoms with E-state index < -0.39 is 18.9 Å². The van der Waals surface area contributed by atoms with E-state index in [2.05, 4.69) is 17.9 Å². The Morgan fingerprint density at radius 1 is 1.44 bits per heavy atom. The van der Waals surface area contributed by atoms with Crippen molar-refractivity contribution in [3.8, 4) is 0 Å². The second-order valence-electron chi connectivity index (χ2n) is 4.04. The number of rotatable bonds is 5. The van der Waals surface area contributed by atoms with Gasteiger partial charge in [-0.25, -0.2) is 4.39 Å². The maximum Gasteiger partial charge on any atom is 0.480 e. The Morgan fingerprint density at radius 3 is 2.44 bits per heavy atom. The van der Waals surface area contributed by atoms with Crippen molar-refractivity contribution >= 4 is 25.7 Å². The monoisotopic (exact) mass is 271 g/mol. The lowest BCUT2D eigenvalue weighted by molar-refractivity contribution is -0.124. The number of amides is 1. The van der Waals surface area contributed by atoms with Gasteiger partial charge in [-0.05, 0) is 17.7 Å². The lowest BCUT2D eigenvalue weighted by Crippen LogP contribution is -2.41. The van der Waals surface area contributed by atoms with Gasteiger partial charge in [0.25, 0.3) is 0 Å². The highest BCUT2D eigenvalue weighted by Gasteiger charge is 2.28. The van der Waals surface area contributed by atoms with Crippen LogP contribution in [0.25, 0.3) is 0 Å². The molecule has 1 aromatic rings. The molecule has 0 aliphatic heterocycles. The summed E-state index contributed by atoms with van der Waals surface area (Å²) in [5.41, 5.74) is 0.422. The van der Waals surface area contributed by atoms with E-state index in [0.29, 0.717) is 11.3 Å². The van der Waals surface area contributed by atoms with Gasteiger partial charge in [0, 0.05) is 11.7 Å². The summed E-state index contributed by atoms with van der Waals surface area (Å²) in [6, 6.07) is 5.17. The summed E-state index contributed by atoms with van der Waals surface area (Å²) >= 11 is 3.99. The van der Waals surface area contributed by atoms with Crippen molar-refractivity contribution in [1.29, 1.82) is 0 Å². The van der Waals surface area contributed by atoms with Crippen molar-refractivity contribution in [2.75, 3.05) is 5.75 Å². The summed E-state index contributed by atoms with van der Waals surface area (Å²) in [4.78, 5) is 11.7. The highest BCUT2D eigenvalue weighted by molar-refractivity contribution is 7.80. The fraction of sp³-hybridized carbons (Fsp3) is 0.364. The van der Waals surface area contributed by atoms with Crippen LogP contribution in [0.4, 0.5) is 4.39 Å². The van der Waals surface area contributed by atoms with Crippen LogP contribution in [-0.2, 0) is 4.79 Å². The molecule has 0 heterocycles. The van der Waals surface area contributed by atoms with Crippen molar-refractivity contribution in [3.63, 3.8) is 0 Å². The van der Waals surface area contributed by atoms with E-state index in [1.165, 1.54) is 24.3 Å². The summed E-state index contributed by atoms with van der Waals surface area (Å²) in [7, 11) is -1.76. The SMILES string of the molecule is C[C@H](CS)C(=O)N[C@@H](B(O)O)c1ccc(F)cc1. The summed E-state index contributed by atoms with van der Waals surface area (Å²) in [6.45, 7) is 1.67. The van der Waals surface area contributed by atoms with Gasteiger partial charge in [0.05, 0.1) is 5.94 Å². The molecular formula is C11H15BFNO3S. The predicted octanol–water partition coefficient (Wildman–Crippen LogP) is 0.561. The van der Waals surface area contributed by atoms with Crippen LogP contribution in [0, 0.1) is 11.7 Å². The molecule has 2 atom stereocenters. The zero-order valence-electron chi connectivity index (χ0n) is 9.88. The van der Waals surface area contributed by atoms with Crippen LogP contribution < -0.4 is 5.32 Å². The molecule has 0 radical (unpaired) electrons. The van der Waals surface area contributed by atoms with Crippen LogP contribution in [0.5, 0.6) is 0 Å². The molecule has 1 amide bonds. The minimum atomic E-state index is -1.76. The van der Waals surface area contributed by atoms with E-state index in [0.717, 1.165) is 0 Å². The molecule has 4 nitrogen and oxygen atoms in total. The standard InChI is InChI=1S/C11H15BFNO3S/c1-7(6-18)11(15)14-10(12(16)17)8-2-4-9(13)5-3-8/h2-5,7,10,16-18H,6H2,1H3,(H,14,15)/t7-,10-/m1/s1. The second-order valence-corrected chi connectivity index (χ2v) is 4.40. The van der Waals surface area contributed by atoms with Crippen LogP contribution in [0.15, 0.2) is 24.3 Å². The van der Waals surface area contributed by atoms with E-state index in [9.17, 15) is 19.2 Å². The summed E-state index contributed by atoms with van der Waals surface area (Å²) in [5, 5.41) is 21.0. The minimum Gasteiger partial charge on any atom is -0.426 e. The molecule has 0 aromatic heterocycles. The first kappa shape index (κ1) is 15.0. The molecule has 98 valence electrons. The number of hydrogen-bond acceptors (Lipinski definition) is 4. The maximum absolute atomic E-state index is 12.8. The third-order valence-corrected chi connectivity index (χ3v) is 3.09. The Bertz CT molecular complexity index is 402. The van der Waals surface area contributed by atoms with Crippen LogP contribution in [0.3, 0.4) is 0 Å². The topological polar surface area (TPSA) is 69.6 Å². The van der Waals surface area contributed by atoms with E-state index in [1.54, 1.807) is 6.92 Å². The molecule has 0 aliphatic rings. The zero-order chi connectivity index (χ0) is 13.7. The van der Waals surface area contributed by atoms with Crippen LogP contribution in [0.2, 0.25) is 0 Å². The van der Waals surface area contributed by atoms with Crippen LogP contribution in [0.1, 0.15) is 18.4 Å². The molecular weight excluding hydrogens is 256 g/mol. The number of carbonyl (C=O) groups excluding carboxylic acids is 1. The number of thiol groups is 1. The largest absolute Gasteiger partial charge is 0.480 e. The number of carbonyl (C=O) groups is 1. The number of benzene rings is 1. The lowest BCUT2D eigenvalue weighted by Gasteiger charge is -2.20. The van der Waals surface area contributed by atoms with Crippen molar-refractivity contribution in [1.82, 2.24) is 5.32 Å². The quantitative estimate of drug-likeness (QED) is 0.467. The maximum atomic E-state index is 12.8. The first-order valence-electron chi connectivity index (χ1n) is 5.48. The Kier molecular flexibility index (Phi) is 5.65. The highest BCUT2D eigenvalue weighted by atomic mass is 32.1. The molecule has 1 aromatic carbocycles. The van der Waals surface area contributed by atoms with Crippen molar-refractivity contribution < 1.29 is 19.2 Å². The lowest BCUT2D eigenvalue weighted by atomic mass is 9.75. The summed E-state index contributed by atoms with van der Waals surface area (Å²) in [6.07, 6.45) is 0. The van der Waals surface area contributed by atoms with E-state index in [-0.39, 0.29) is 11.8 Å². The fourth-order valence-corrected chi connectivity index (χ4v) is 1.54. The van der Waals surface area contributed by atoms with Crippen molar-refractivity contribution in [2.24, 2.45) is 5.92 Å². The molecule has 18 heavy (non-hydrogen) atoms. The normalized spacial score (nSPS) is 13.8. The average molecular weight is 271 g/mol. The summed E-state index contributed by atoms with van der Waals surface area (Å²) in [5.74, 6) is -1.76. The van der Waals surface area contributed by atoms with Crippen molar-refractivity contribution in [3.05, 3.63) is 35.6 Å². The number of halogens is 1. The first-order chi connectivity index (χ1) is 8.45. The Morgan fingerprint density at radius 2 is 2.00 bits per heavy atom. The van der Waals surface area contributed by atoms with Gasteiger partial charge >= 0.3 is 7.12 Å². The summed E-state index contributed by atoms with van der Waals surface area (Å²) < 4.78 is 12.8. The molecule has 7 heteroatoms. The van der Waals surface area contributed by atoms with Gasteiger partial charge in [0.1, 0.15) is 5.82 Å². The third kappa shape index (κ3) is 4.01. The molecule has 0 saturated carbocycles. The molecule has 0 unspecified atom stereocenters. The molecule has 0 fully saturated rings. The van der Waals surface area contributed by atoms with Gasteiger partial charge in [0.2, 0.25) is 5.91 Å². The molecule has 0 spiro atoms. The highest BCUT2D eigenvalue weighted by Crippen LogP contribution is 2.15.